The minimum Gasteiger partial charge on any atom is -0.444 e. The molecule has 2 saturated heterocycles. The van der Waals surface area contributed by atoms with Crippen molar-refractivity contribution in [3.63, 3.8) is 0 Å². The Morgan fingerprint density at radius 2 is 2.11 bits per heavy atom. The molecule has 1 N–H and O–H groups in total. The number of fused-ring (bicyclic) bond motifs is 1. The summed E-state index contributed by atoms with van der Waals surface area (Å²) in [5.41, 5.74) is 2.73. The van der Waals surface area contributed by atoms with Crippen LogP contribution in [-0.2, 0) is 20.6 Å². The van der Waals surface area contributed by atoms with E-state index in [2.05, 4.69) is 30.1 Å². The second-order valence-corrected chi connectivity index (χ2v) is 11.3. The van der Waals surface area contributed by atoms with Gasteiger partial charge in [-0.05, 0) is 77.3 Å². The lowest BCUT2D eigenvalue weighted by Gasteiger charge is -2.41. The topological polar surface area (TPSA) is 87.6 Å². The molecular formula is C30H41N3O4. The first-order chi connectivity index (χ1) is 17.7. The maximum absolute atomic E-state index is 12.9. The Labute approximate surface area is 220 Å². The number of aromatic amines is 1. The van der Waals surface area contributed by atoms with Crippen molar-refractivity contribution >= 4 is 22.6 Å². The molecule has 0 bridgehead atoms. The van der Waals surface area contributed by atoms with Crippen LogP contribution in [-0.4, -0.2) is 54.2 Å². The number of carbonyl (C=O) groups excluding carboxylic acids is 1. The molecular weight excluding hydrogens is 466 g/mol. The van der Waals surface area contributed by atoms with Crippen molar-refractivity contribution in [2.24, 2.45) is 5.41 Å². The van der Waals surface area contributed by atoms with Gasteiger partial charge in [0, 0.05) is 36.0 Å². The van der Waals surface area contributed by atoms with Crippen LogP contribution >= 0.6 is 0 Å². The van der Waals surface area contributed by atoms with Crippen molar-refractivity contribution in [2.75, 3.05) is 26.3 Å². The molecule has 0 saturated carbocycles. The van der Waals surface area contributed by atoms with Crippen LogP contribution in [0.3, 0.4) is 0 Å². The minimum absolute atomic E-state index is 0.141. The van der Waals surface area contributed by atoms with E-state index in [1.165, 1.54) is 0 Å². The lowest BCUT2D eigenvalue weighted by Crippen LogP contribution is -2.47. The summed E-state index contributed by atoms with van der Waals surface area (Å²) in [5, 5.41) is 11.4. The zero-order chi connectivity index (χ0) is 26.5. The number of ether oxygens (including phenoxy) is 3. The standard InChI is InChI=1S/C30H41N3O4/c1-5-30(15-10-16-33(21-30)28(34)37-29(2,3)4)19-22(20-31)27-24(23-11-6-7-12-25(23)32-27)14-18-36-26-13-8-9-17-35-26/h6-7,11-12,19,26,32H,5,8-10,13-18,21H2,1-4H3/b22-19+. The van der Waals surface area contributed by atoms with Gasteiger partial charge < -0.3 is 24.1 Å². The zero-order valence-corrected chi connectivity index (χ0v) is 22.8. The Balaban J connectivity index is 1.61. The van der Waals surface area contributed by atoms with E-state index in [1.54, 1.807) is 4.90 Å². The molecule has 2 unspecified atom stereocenters. The summed E-state index contributed by atoms with van der Waals surface area (Å²) in [5.74, 6) is 0. The zero-order valence-electron chi connectivity index (χ0n) is 22.8. The first kappa shape index (κ1) is 27.2. The number of nitrogens with zero attached hydrogens (tertiary/aromatic N) is 2. The summed E-state index contributed by atoms with van der Waals surface area (Å²) in [6.07, 6.45) is 8.12. The molecule has 2 aliphatic rings. The second kappa shape index (κ2) is 11.7. The van der Waals surface area contributed by atoms with Crippen molar-refractivity contribution in [1.29, 1.82) is 5.26 Å². The van der Waals surface area contributed by atoms with Crippen molar-refractivity contribution < 1.29 is 19.0 Å². The van der Waals surface area contributed by atoms with E-state index in [1.807, 2.05) is 39.0 Å². The van der Waals surface area contributed by atoms with Gasteiger partial charge in [0.2, 0.25) is 0 Å². The average molecular weight is 508 g/mol. The Morgan fingerprint density at radius 3 is 2.81 bits per heavy atom. The number of rotatable bonds is 7. The third kappa shape index (κ3) is 6.74. The number of H-pyrrole nitrogens is 1. The monoisotopic (exact) mass is 507 g/mol. The van der Waals surface area contributed by atoms with Crippen LogP contribution in [0, 0.1) is 16.7 Å². The number of para-hydroxylation sites is 1. The van der Waals surface area contributed by atoms with Crippen LogP contribution in [0.25, 0.3) is 16.5 Å². The lowest BCUT2D eigenvalue weighted by molar-refractivity contribution is -0.161. The van der Waals surface area contributed by atoms with E-state index < -0.39 is 5.60 Å². The highest BCUT2D eigenvalue weighted by molar-refractivity contribution is 5.92. The quantitative estimate of drug-likeness (QED) is 0.427. The molecule has 200 valence electrons. The predicted octanol–water partition coefficient (Wildman–Crippen LogP) is 6.59. The van der Waals surface area contributed by atoms with Crippen LogP contribution in [0.2, 0.25) is 0 Å². The number of allylic oxidation sites excluding steroid dienone is 1. The highest BCUT2D eigenvalue weighted by Crippen LogP contribution is 2.39. The van der Waals surface area contributed by atoms with Gasteiger partial charge in [0.15, 0.2) is 6.29 Å². The summed E-state index contributed by atoms with van der Waals surface area (Å²) in [4.78, 5) is 18.2. The number of likely N-dealkylation sites (tertiary alicyclic amines) is 1. The number of carbonyl (C=O) groups is 1. The normalized spacial score (nSPS) is 23.2. The lowest BCUT2D eigenvalue weighted by atomic mass is 9.76. The molecule has 7 nitrogen and oxygen atoms in total. The smallest absolute Gasteiger partial charge is 0.410 e. The van der Waals surface area contributed by atoms with E-state index in [9.17, 15) is 10.1 Å². The number of piperidine rings is 1. The molecule has 2 aromatic rings. The third-order valence-electron chi connectivity index (χ3n) is 7.41. The fraction of sp³-hybridized carbons (Fsp3) is 0.600. The number of nitrogens with one attached hydrogen (secondary N) is 1. The van der Waals surface area contributed by atoms with E-state index in [-0.39, 0.29) is 17.8 Å². The van der Waals surface area contributed by atoms with Crippen molar-refractivity contribution in [1.82, 2.24) is 9.88 Å². The highest BCUT2D eigenvalue weighted by atomic mass is 16.7. The van der Waals surface area contributed by atoms with Gasteiger partial charge in [-0.25, -0.2) is 4.79 Å². The van der Waals surface area contributed by atoms with Gasteiger partial charge in [0.05, 0.1) is 17.9 Å². The fourth-order valence-electron chi connectivity index (χ4n) is 5.44. The molecule has 1 aromatic heterocycles. The Hall–Kier alpha value is -2.82. The van der Waals surface area contributed by atoms with Gasteiger partial charge in [-0.3, -0.25) is 0 Å². The van der Waals surface area contributed by atoms with Crippen LogP contribution in [0.5, 0.6) is 0 Å². The summed E-state index contributed by atoms with van der Waals surface area (Å²) >= 11 is 0. The van der Waals surface area contributed by atoms with Gasteiger partial charge in [0.1, 0.15) is 11.7 Å². The molecule has 3 heterocycles. The Kier molecular flexibility index (Phi) is 8.61. The van der Waals surface area contributed by atoms with Crippen LogP contribution in [0.15, 0.2) is 30.3 Å². The molecule has 1 aromatic carbocycles. The fourth-order valence-corrected chi connectivity index (χ4v) is 5.44. The van der Waals surface area contributed by atoms with Crippen molar-refractivity contribution in [2.45, 2.75) is 84.5 Å². The maximum atomic E-state index is 12.9. The van der Waals surface area contributed by atoms with Crippen molar-refractivity contribution in [3.05, 3.63) is 41.6 Å². The second-order valence-electron chi connectivity index (χ2n) is 11.3. The molecule has 0 aliphatic carbocycles. The molecule has 2 fully saturated rings. The van der Waals surface area contributed by atoms with Crippen LogP contribution in [0.1, 0.15) is 77.5 Å². The van der Waals surface area contributed by atoms with Crippen LogP contribution in [0.4, 0.5) is 4.79 Å². The number of hydrogen-bond acceptors (Lipinski definition) is 5. The summed E-state index contributed by atoms with van der Waals surface area (Å²) in [6, 6.07) is 10.6. The first-order valence-electron chi connectivity index (χ1n) is 13.7. The van der Waals surface area contributed by atoms with Crippen molar-refractivity contribution in [3.8, 4) is 6.07 Å². The van der Waals surface area contributed by atoms with E-state index in [4.69, 9.17) is 14.2 Å². The van der Waals surface area contributed by atoms with Gasteiger partial charge in [-0.1, -0.05) is 31.2 Å². The van der Waals surface area contributed by atoms with E-state index >= 15 is 0 Å². The highest BCUT2D eigenvalue weighted by Gasteiger charge is 2.36. The Bertz CT molecular complexity index is 1150. The largest absolute Gasteiger partial charge is 0.444 e. The van der Waals surface area contributed by atoms with Gasteiger partial charge in [-0.15, -0.1) is 0 Å². The number of amides is 1. The number of hydrogen-bond donors (Lipinski definition) is 1. The van der Waals surface area contributed by atoms with Gasteiger partial charge in [0.25, 0.3) is 0 Å². The number of aromatic nitrogens is 1. The Morgan fingerprint density at radius 1 is 1.30 bits per heavy atom. The molecule has 2 aliphatic heterocycles. The average Bonchev–Trinajstić information content (AvgIpc) is 3.25. The van der Waals surface area contributed by atoms with Gasteiger partial charge >= 0.3 is 6.09 Å². The minimum atomic E-state index is -0.541. The maximum Gasteiger partial charge on any atom is 0.410 e. The number of benzene rings is 1. The summed E-state index contributed by atoms with van der Waals surface area (Å²) in [7, 11) is 0. The summed E-state index contributed by atoms with van der Waals surface area (Å²) in [6.45, 7) is 10.3. The van der Waals surface area contributed by atoms with Gasteiger partial charge in [-0.2, -0.15) is 5.26 Å². The first-order valence-corrected chi connectivity index (χ1v) is 13.7. The molecule has 0 radical (unpaired) electrons. The van der Waals surface area contributed by atoms with E-state index in [0.717, 1.165) is 67.3 Å². The molecule has 4 rings (SSSR count). The molecule has 0 spiro atoms. The molecule has 2 atom stereocenters. The summed E-state index contributed by atoms with van der Waals surface area (Å²) < 4.78 is 17.4. The third-order valence-corrected chi connectivity index (χ3v) is 7.41. The SMILES string of the molecule is CCC1(/C=C(\C#N)c2[nH]c3ccccc3c2CCOC2CCCCO2)CCCN(C(=O)OC(C)(C)C)C1. The molecule has 1 amide bonds. The predicted molar refractivity (Wildman–Crippen MR) is 145 cm³/mol. The molecule has 7 heteroatoms. The van der Waals surface area contributed by atoms with Crippen LogP contribution < -0.4 is 0 Å². The van der Waals surface area contributed by atoms with E-state index in [0.29, 0.717) is 31.7 Å². The number of nitriles is 1. The molecule has 37 heavy (non-hydrogen) atoms.